The van der Waals surface area contributed by atoms with E-state index >= 15 is 0 Å². The highest BCUT2D eigenvalue weighted by atomic mass is 35.5. The predicted molar refractivity (Wildman–Crippen MR) is 96.0 cm³/mol. The van der Waals surface area contributed by atoms with Crippen LogP contribution in [0.4, 0.5) is 0 Å². The second-order valence-electron chi connectivity index (χ2n) is 6.05. The number of aromatic nitrogens is 2. The van der Waals surface area contributed by atoms with Crippen molar-refractivity contribution in [2.45, 2.75) is 25.3 Å². The van der Waals surface area contributed by atoms with Crippen LogP contribution in [0, 0.1) is 0 Å². The smallest absolute Gasteiger partial charge is 0.263 e. The molecule has 1 saturated heterocycles. The molecule has 0 saturated carbocycles. The Morgan fingerprint density at radius 2 is 1.92 bits per heavy atom. The lowest BCUT2D eigenvalue weighted by Gasteiger charge is -2.25. The van der Waals surface area contributed by atoms with Crippen molar-refractivity contribution in [1.82, 2.24) is 23.7 Å². The van der Waals surface area contributed by atoms with Gasteiger partial charge in [-0.1, -0.05) is 11.6 Å². The number of hydrogen-bond acceptors (Lipinski definition) is 5. The quantitative estimate of drug-likeness (QED) is 0.711. The fourth-order valence-corrected chi connectivity index (χ4v) is 4.76. The SMILES string of the molecule is CCN(CC)C(=O)CN1CCCN(S(=O)(=O)c2ncn(C)c2Cl)CC1. The average molecular weight is 392 g/mol. The summed E-state index contributed by atoms with van der Waals surface area (Å²) in [6.45, 7) is 7.50. The third-order valence-corrected chi connectivity index (χ3v) is 6.83. The van der Waals surface area contributed by atoms with E-state index in [-0.39, 0.29) is 16.1 Å². The van der Waals surface area contributed by atoms with E-state index in [1.165, 1.54) is 15.2 Å². The minimum atomic E-state index is -3.73. The van der Waals surface area contributed by atoms with Gasteiger partial charge in [-0.15, -0.1) is 0 Å². The van der Waals surface area contributed by atoms with E-state index in [1.54, 1.807) is 11.9 Å². The molecule has 1 aromatic heterocycles. The zero-order valence-electron chi connectivity index (χ0n) is 15.0. The summed E-state index contributed by atoms with van der Waals surface area (Å²) in [7, 11) is -2.08. The van der Waals surface area contributed by atoms with Crippen molar-refractivity contribution in [3.63, 3.8) is 0 Å². The van der Waals surface area contributed by atoms with Crippen molar-refractivity contribution in [2.24, 2.45) is 7.05 Å². The molecule has 1 amide bonds. The fraction of sp³-hybridized carbons (Fsp3) is 0.733. The molecule has 1 aromatic rings. The Bertz CT molecular complexity index is 702. The predicted octanol–water partition coefficient (Wildman–Crippen LogP) is 0.638. The molecule has 0 aromatic carbocycles. The average Bonchev–Trinajstić information content (AvgIpc) is 2.76. The van der Waals surface area contributed by atoms with Crippen LogP contribution in [-0.4, -0.2) is 83.8 Å². The molecule has 0 unspecified atom stereocenters. The third kappa shape index (κ3) is 4.52. The van der Waals surface area contributed by atoms with Crippen molar-refractivity contribution in [3.8, 4) is 0 Å². The summed E-state index contributed by atoms with van der Waals surface area (Å²) in [6.07, 6.45) is 2.05. The molecule has 0 aliphatic carbocycles. The van der Waals surface area contributed by atoms with Crippen molar-refractivity contribution in [3.05, 3.63) is 11.5 Å². The van der Waals surface area contributed by atoms with Gasteiger partial charge in [0.2, 0.25) is 10.9 Å². The number of halogens is 1. The molecular formula is C15H26ClN5O3S. The summed E-state index contributed by atoms with van der Waals surface area (Å²) in [5.41, 5.74) is 0. The molecule has 0 N–H and O–H groups in total. The molecule has 25 heavy (non-hydrogen) atoms. The molecule has 0 spiro atoms. The first kappa shape index (κ1) is 20.2. The lowest BCUT2D eigenvalue weighted by molar-refractivity contribution is -0.132. The van der Waals surface area contributed by atoms with E-state index in [0.717, 1.165) is 0 Å². The molecule has 10 heteroatoms. The molecule has 1 aliphatic rings. The monoisotopic (exact) mass is 391 g/mol. The van der Waals surface area contributed by atoms with E-state index in [4.69, 9.17) is 11.6 Å². The lowest BCUT2D eigenvalue weighted by atomic mass is 10.3. The van der Waals surface area contributed by atoms with Gasteiger partial charge in [-0.2, -0.15) is 4.31 Å². The molecule has 2 rings (SSSR count). The Morgan fingerprint density at radius 1 is 1.24 bits per heavy atom. The second kappa shape index (κ2) is 8.48. The van der Waals surface area contributed by atoms with E-state index < -0.39 is 10.0 Å². The molecule has 142 valence electrons. The van der Waals surface area contributed by atoms with Gasteiger partial charge < -0.3 is 9.47 Å². The fourth-order valence-electron chi connectivity index (χ4n) is 2.90. The van der Waals surface area contributed by atoms with Crippen molar-refractivity contribution in [1.29, 1.82) is 0 Å². The van der Waals surface area contributed by atoms with Crippen LogP contribution in [0.3, 0.4) is 0 Å². The van der Waals surface area contributed by atoms with E-state index in [0.29, 0.717) is 52.2 Å². The zero-order chi connectivity index (χ0) is 18.6. The number of amides is 1. The van der Waals surface area contributed by atoms with Gasteiger partial charge >= 0.3 is 0 Å². The van der Waals surface area contributed by atoms with Gasteiger partial charge in [-0.05, 0) is 26.8 Å². The van der Waals surface area contributed by atoms with Crippen molar-refractivity contribution >= 4 is 27.5 Å². The number of likely N-dealkylation sites (N-methyl/N-ethyl adjacent to an activating group) is 1. The summed E-state index contributed by atoms with van der Waals surface area (Å²) >= 11 is 6.05. The Balaban J connectivity index is 2.04. The van der Waals surface area contributed by atoms with Crippen LogP contribution in [0.15, 0.2) is 11.4 Å². The maximum atomic E-state index is 12.8. The Kier molecular flexibility index (Phi) is 6.84. The lowest BCUT2D eigenvalue weighted by Crippen LogP contribution is -2.42. The first-order valence-electron chi connectivity index (χ1n) is 8.48. The Labute approximate surface area is 154 Å². The minimum Gasteiger partial charge on any atom is -0.342 e. The first-order chi connectivity index (χ1) is 11.8. The first-order valence-corrected chi connectivity index (χ1v) is 10.3. The zero-order valence-corrected chi connectivity index (χ0v) is 16.6. The largest absolute Gasteiger partial charge is 0.342 e. The normalized spacial score (nSPS) is 17.4. The van der Waals surface area contributed by atoms with Crippen LogP contribution in [0.5, 0.6) is 0 Å². The highest BCUT2D eigenvalue weighted by Gasteiger charge is 2.31. The van der Waals surface area contributed by atoms with Gasteiger partial charge in [-0.3, -0.25) is 9.69 Å². The molecule has 1 aliphatic heterocycles. The minimum absolute atomic E-state index is 0.0778. The van der Waals surface area contributed by atoms with E-state index in [9.17, 15) is 13.2 Å². The summed E-state index contributed by atoms with van der Waals surface area (Å²) in [5.74, 6) is 0.0778. The van der Waals surface area contributed by atoms with E-state index in [1.807, 2.05) is 18.7 Å². The Morgan fingerprint density at radius 3 is 2.48 bits per heavy atom. The molecule has 0 atom stereocenters. The van der Waals surface area contributed by atoms with Gasteiger partial charge in [0.05, 0.1) is 12.9 Å². The number of carbonyl (C=O) groups excluding carboxylic acids is 1. The third-order valence-electron chi connectivity index (χ3n) is 4.44. The van der Waals surface area contributed by atoms with Gasteiger partial charge in [0.1, 0.15) is 5.15 Å². The molecule has 8 nitrogen and oxygen atoms in total. The van der Waals surface area contributed by atoms with E-state index in [2.05, 4.69) is 4.98 Å². The number of rotatable bonds is 6. The van der Waals surface area contributed by atoms with Crippen molar-refractivity contribution < 1.29 is 13.2 Å². The highest BCUT2D eigenvalue weighted by Crippen LogP contribution is 2.23. The molecule has 0 radical (unpaired) electrons. The van der Waals surface area contributed by atoms with Crippen LogP contribution < -0.4 is 0 Å². The maximum Gasteiger partial charge on any atom is 0.263 e. The van der Waals surface area contributed by atoms with Crippen LogP contribution in [0.1, 0.15) is 20.3 Å². The number of nitrogens with zero attached hydrogens (tertiary/aromatic N) is 5. The molecular weight excluding hydrogens is 366 g/mol. The van der Waals surface area contributed by atoms with Gasteiger partial charge in [0.25, 0.3) is 10.0 Å². The summed E-state index contributed by atoms with van der Waals surface area (Å²) in [4.78, 5) is 20.0. The topological polar surface area (TPSA) is 78.8 Å². The van der Waals surface area contributed by atoms with Crippen LogP contribution in [0.2, 0.25) is 5.15 Å². The molecule has 2 heterocycles. The number of sulfonamides is 1. The number of aryl methyl sites for hydroxylation is 1. The number of hydrogen-bond donors (Lipinski definition) is 0. The molecule has 0 bridgehead atoms. The van der Waals surface area contributed by atoms with Crippen LogP contribution in [-0.2, 0) is 21.9 Å². The number of carbonyl (C=O) groups is 1. The second-order valence-corrected chi connectivity index (χ2v) is 8.26. The van der Waals surface area contributed by atoms with Gasteiger partial charge in [-0.25, -0.2) is 13.4 Å². The standard InChI is InChI=1S/C15H26ClN5O3S/c1-4-20(5-2)13(22)11-19-7-6-8-21(10-9-19)25(23,24)15-14(16)18(3)12-17-15/h12H,4-11H2,1-3H3. The maximum absolute atomic E-state index is 12.8. The summed E-state index contributed by atoms with van der Waals surface area (Å²) < 4.78 is 28.4. The van der Waals surface area contributed by atoms with Crippen LogP contribution >= 0.6 is 11.6 Å². The summed E-state index contributed by atoms with van der Waals surface area (Å²) in [5, 5.41) is 0.00199. The van der Waals surface area contributed by atoms with Gasteiger partial charge in [0.15, 0.2) is 0 Å². The number of imidazole rings is 1. The van der Waals surface area contributed by atoms with Crippen molar-refractivity contribution in [2.75, 3.05) is 45.8 Å². The van der Waals surface area contributed by atoms with Gasteiger partial charge in [0, 0.05) is 39.8 Å². The van der Waals surface area contributed by atoms with Crippen LogP contribution in [0.25, 0.3) is 0 Å². The summed E-state index contributed by atoms with van der Waals surface area (Å²) in [6, 6.07) is 0. The highest BCUT2D eigenvalue weighted by molar-refractivity contribution is 7.89. The molecule has 1 fully saturated rings. The Hall–Kier alpha value is -1.16.